The Morgan fingerprint density at radius 1 is 1.44 bits per heavy atom. The lowest BCUT2D eigenvalue weighted by atomic mass is 10.1. The van der Waals surface area contributed by atoms with Gasteiger partial charge in [-0.3, -0.25) is 4.79 Å². The molecule has 0 aliphatic heterocycles. The van der Waals surface area contributed by atoms with Crippen LogP contribution in [0.25, 0.3) is 0 Å². The first kappa shape index (κ1) is 12.6. The van der Waals surface area contributed by atoms with Gasteiger partial charge in [-0.05, 0) is 24.6 Å². The van der Waals surface area contributed by atoms with Crippen molar-refractivity contribution in [2.45, 2.75) is 19.4 Å². The highest BCUT2D eigenvalue weighted by atomic mass is 19.2. The van der Waals surface area contributed by atoms with E-state index in [4.69, 9.17) is 5.11 Å². The summed E-state index contributed by atoms with van der Waals surface area (Å²) in [7, 11) is 0. The Morgan fingerprint density at radius 3 is 2.62 bits per heavy atom. The van der Waals surface area contributed by atoms with E-state index in [1.165, 1.54) is 6.07 Å². The van der Waals surface area contributed by atoms with Crippen LogP contribution in [0.4, 0.5) is 8.78 Å². The largest absolute Gasteiger partial charge is 0.394 e. The minimum Gasteiger partial charge on any atom is -0.394 e. The van der Waals surface area contributed by atoms with Gasteiger partial charge in [0.05, 0.1) is 12.6 Å². The van der Waals surface area contributed by atoms with Crippen LogP contribution in [-0.4, -0.2) is 23.7 Å². The number of halogens is 2. The second-order valence-electron chi connectivity index (χ2n) is 3.39. The molecule has 0 unspecified atom stereocenters. The van der Waals surface area contributed by atoms with E-state index in [-0.39, 0.29) is 18.2 Å². The minimum absolute atomic E-state index is 0.0331. The van der Waals surface area contributed by atoms with Crippen molar-refractivity contribution in [3.05, 3.63) is 35.4 Å². The molecule has 2 N–H and O–H groups in total. The number of hydrogen-bond acceptors (Lipinski definition) is 2. The van der Waals surface area contributed by atoms with Crippen LogP contribution in [0, 0.1) is 11.6 Å². The van der Waals surface area contributed by atoms with Crippen LogP contribution in [0.1, 0.15) is 23.7 Å². The molecule has 0 fully saturated rings. The monoisotopic (exact) mass is 229 g/mol. The summed E-state index contributed by atoms with van der Waals surface area (Å²) in [6.45, 7) is 1.61. The van der Waals surface area contributed by atoms with Crippen molar-refractivity contribution in [1.82, 2.24) is 5.32 Å². The lowest BCUT2D eigenvalue weighted by Crippen LogP contribution is -2.36. The fraction of sp³-hybridized carbons (Fsp3) is 0.364. The molecule has 1 rings (SSSR count). The van der Waals surface area contributed by atoms with Gasteiger partial charge in [0.1, 0.15) is 0 Å². The minimum atomic E-state index is -1.07. The molecule has 16 heavy (non-hydrogen) atoms. The molecular weight excluding hydrogens is 216 g/mol. The average Bonchev–Trinajstić information content (AvgIpc) is 2.29. The van der Waals surface area contributed by atoms with Crippen molar-refractivity contribution in [3.63, 3.8) is 0 Å². The van der Waals surface area contributed by atoms with Crippen LogP contribution in [0.5, 0.6) is 0 Å². The highest BCUT2D eigenvalue weighted by Crippen LogP contribution is 2.08. The van der Waals surface area contributed by atoms with Crippen molar-refractivity contribution in [1.29, 1.82) is 0 Å². The van der Waals surface area contributed by atoms with Crippen LogP contribution in [0.15, 0.2) is 18.2 Å². The van der Waals surface area contributed by atoms with Crippen LogP contribution in [0.3, 0.4) is 0 Å². The molecule has 1 amide bonds. The first-order chi connectivity index (χ1) is 7.58. The van der Waals surface area contributed by atoms with E-state index in [9.17, 15) is 13.6 Å². The molecular formula is C11H13F2NO2. The van der Waals surface area contributed by atoms with Crippen LogP contribution in [0.2, 0.25) is 0 Å². The van der Waals surface area contributed by atoms with Crippen molar-refractivity contribution in [2.24, 2.45) is 0 Å². The summed E-state index contributed by atoms with van der Waals surface area (Å²) in [4.78, 5) is 11.5. The summed E-state index contributed by atoms with van der Waals surface area (Å²) in [6, 6.07) is 2.54. The third kappa shape index (κ3) is 3.00. The Labute approximate surface area is 92.1 Å². The van der Waals surface area contributed by atoms with Crippen LogP contribution < -0.4 is 5.32 Å². The van der Waals surface area contributed by atoms with Gasteiger partial charge < -0.3 is 10.4 Å². The standard InChI is InChI=1S/C11H13F2NO2/c1-2-8(6-15)14-11(16)7-3-4-9(12)10(13)5-7/h3-5,8,15H,2,6H2,1H3,(H,14,16)/t8-/m0/s1. The van der Waals surface area contributed by atoms with Gasteiger partial charge in [-0.15, -0.1) is 0 Å². The molecule has 3 nitrogen and oxygen atoms in total. The zero-order valence-corrected chi connectivity index (χ0v) is 8.84. The molecule has 0 spiro atoms. The molecule has 88 valence electrons. The van der Waals surface area contributed by atoms with Gasteiger partial charge in [-0.25, -0.2) is 8.78 Å². The summed E-state index contributed by atoms with van der Waals surface area (Å²) < 4.78 is 25.4. The topological polar surface area (TPSA) is 49.3 Å². The molecule has 1 aromatic rings. The first-order valence-electron chi connectivity index (χ1n) is 4.95. The van der Waals surface area contributed by atoms with E-state index in [1.54, 1.807) is 6.92 Å². The third-order valence-electron chi connectivity index (χ3n) is 2.23. The van der Waals surface area contributed by atoms with Crippen LogP contribution in [-0.2, 0) is 0 Å². The molecule has 5 heteroatoms. The third-order valence-corrected chi connectivity index (χ3v) is 2.23. The molecule has 0 heterocycles. The number of rotatable bonds is 4. The van der Waals surface area contributed by atoms with Crippen molar-refractivity contribution >= 4 is 5.91 Å². The zero-order chi connectivity index (χ0) is 12.1. The molecule has 1 aromatic carbocycles. The van der Waals surface area contributed by atoms with Crippen molar-refractivity contribution in [2.75, 3.05) is 6.61 Å². The molecule has 0 aliphatic rings. The Balaban J connectivity index is 2.76. The smallest absolute Gasteiger partial charge is 0.251 e. The molecule has 0 aliphatic carbocycles. The van der Waals surface area contributed by atoms with E-state index >= 15 is 0 Å². The zero-order valence-electron chi connectivity index (χ0n) is 8.84. The van der Waals surface area contributed by atoms with E-state index in [0.29, 0.717) is 6.42 Å². The second-order valence-corrected chi connectivity index (χ2v) is 3.39. The maximum absolute atomic E-state index is 12.8. The van der Waals surface area contributed by atoms with Gasteiger partial charge in [0, 0.05) is 5.56 Å². The van der Waals surface area contributed by atoms with Crippen molar-refractivity contribution in [3.8, 4) is 0 Å². The number of hydrogen-bond donors (Lipinski definition) is 2. The number of aliphatic hydroxyl groups excluding tert-OH is 1. The summed E-state index contributed by atoms with van der Waals surface area (Å²) in [6.07, 6.45) is 0.561. The molecule has 0 saturated carbocycles. The van der Waals surface area contributed by atoms with Gasteiger partial charge >= 0.3 is 0 Å². The lowest BCUT2D eigenvalue weighted by molar-refractivity contribution is 0.0914. The predicted octanol–water partition coefficient (Wildman–Crippen LogP) is 1.47. The molecule has 0 radical (unpaired) electrons. The summed E-state index contributed by atoms with van der Waals surface area (Å²) in [5.41, 5.74) is 0.0331. The number of carbonyl (C=O) groups excluding carboxylic acids is 1. The average molecular weight is 229 g/mol. The summed E-state index contributed by atoms with van der Waals surface area (Å²) in [5.74, 6) is -2.59. The SMILES string of the molecule is CC[C@@H](CO)NC(=O)c1ccc(F)c(F)c1. The molecule has 0 aromatic heterocycles. The Morgan fingerprint density at radius 2 is 2.12 bits per heavy atom. The summed E-state index contributed by atoms with van der Waals surface area (Å²) >= 11 is 0. The molecule has 1 atom stereocenters. The van der Waals surface area contributed by atoms with E-state index < -0.39 is 17.5 Å². The van der Waals surface area contributed by atoms with Gasteiger partial charge in [0.15, 0.2) is 11.6 Å². The fourth-order valence-electron chi connectivity index (χ4n) is 1.18. The normalized spacial score (nSPS) is 12.2. The number of nitrogens with one attached hydrogen (secondary N) is 1. The van der Waals surface area contributed by atoms with Crippen LogP contribution >= 0.6 is 0 Å². The maximum Gasteiger partial charge on any atom is 0.251 e. The van der Waals surface area contributed by atoms with Crippen molar-refractivity contribution < 1.29 is 18.7 Å². The van der Waals surface area contributed by atoms with Gasteiger partial charge in [-0.2, -0.15) is 0 Å². The molecule has 0 bridgehead atoms. The Bertz CT molecular complexity index is 378. The Kier molecular flexibility index (Phi) is 4.37. The molecule has 0 saturated heterocycles. The van der Waals surface area contributed by atoms with Gasteiger partial charge in [0.25, 0.3) is 5.91 Å². The summed E-state index contributed by atoms with van der Waals surface area (Å²) in [5, 5.41) is 11.4. The maximum atomic E-state index is 12.8. The lowest BCUT2D eigenvalue weighted by Gasteiger charge is -2.13. The van der Waals surface area contributed by atoms with Gasteiger partial charge in [-0.1, -0.05) is 6.92 Å². The predicted molar refractivity (Wildman–Crippen MR) is 55.0 cm³/mol. The number of amides is 1. The number of carbonyl (C=O) groups is 1. The highest BCUT2D eigenvalue weighted by Gasteiger charge is 2.13. The fourth-order valence-corrected chi connectivity index (χ4v) is 1.18. The highest BCUT2D eigenvalue weighted by molar-refractivity contribution is 5.94. The van der Waals surface area contributed by atoms with Gasteiger partial charge in [0.2, 0.25) is 0 Å². The second kappa shape index (κ2) is 5.55. The van der Waals surface area contributed by atoms with E-state index in [1.807, 2.05) is 0 Å². The van der Waals surface area contributed by atoms with E-state index in [2.05, 4.69) is 5.32 Å². The first-order valence-corrected chi connectivity index (χ1v) is 4.95. The number of benzene rings is 1. The Hall–Kier alpha value is -1.49. The number of aliphatic hydroxyl groups is 1. The van der Waals surface area contributed by atoms with E-state index in [0.717, 1.165) is 12.1 Å². The quantitative estimate of drug-likeness (QED) is 0.821.